The van der Waals surface area contributed by atoms with Gasteiger partial charge in [-0.3, -0.25) is 9.59 Å². The van der Waals surface area contributed by atoms with E-state index < -0.39 is 92.3 Å². The van der Waals surface area contributed by atoms with Crippen LogP contribution in [0.5, 0.6) is 34.5 Å². The normalized spacial score (nSPS) is 23.4. The molecule has 19 nitrogen and oxygen atoms in total. The van der Waals surface area contributed by atoms with Gasteiger partial charge in [0.25, 0.3) is 0 Å². The summed E-state index contributed by atoms with van der Waals surface area (Å²) in [6.07, 6.45) is -11.4. The summed E-state index contributed by atoms with van der Waals surface area (Å²) in [5.74, 6) is -0.818. The quantitative estimate of drug-likeness (QED) is 0.0225. The smallest absolute Gasteiger partial charge is 0.488 e. The molecule has 2 fully saturated rings. The largest absolute Gasteiger partial charge is 0.519 e. The first kappa shape index (κ1) is 54.5. The first-order valence-corrected chi connectivity index (χ1v) is 23.9. The zero-order chi connectivity index (χ0) is 53.7. The monoisotopic (exact) mass is 1040 g/mol. The Kier molecular flexibility index (Phi) is 18.4. The van der Waals surface area contributed by atoms with E-state index in [-0.39, 0.29) is 58.8 Å². The van der Waals surface area contributed by atoms with Crippen LogP contribution in [-0.2, 0) is 22.7 Å². The number of ketones is 2. The Morgan fingerprint density at radius 3 is 1.17 bits per heavy atom. The molecule has 0 aromatic heterocycles. The molecule has 0 saturated carbocycles. The minimum Gasteiger partial charge on any atom is -0.488 e. The van der Waals surface area contributed by atoms with Crippen LogP contribution in [0.15, 0.2) is 158 Å². The van der Waals surface area contributed by atoms with Crippen LogP contribution in [0, 0.1) is 0 Å². The van der Waals surface area contributed by atoms with Crippen LogP contribution in [0.1, 0.15) is 43.0 Å². The number of aliphatic hydroxyl groups is 8. The fourth-order valence-electron chi connectivity index (χ4n) is 8.01. The molecule has 0 amide bonds. The van der Waals surface area contributed by atoms with Crippen LogP contribution in [0.25, 0.3) is 12.2 Å². The molecule has 0 bridgehead atoms. The summed E-state index contributed by atoms with van der Waals surface area (Å²) in [6.45, 7) is -1.19. The lowest BCUT2D eigenvalue weighted by molar-refractivity contribution is -0.277. The topological polar surface area (TPSA) is 287 Å². The predicted octanol–water partition coefficient (Wildman–Crippen LogP) is 4.57. The van der Waals surface area contributed by atoms with Crippen molar-refractivity contribution in [1.82, 2.24) is 0 Å². The SMILES string of the molecule is O=C(Oc1ccc(C=CC(=O)c2c(OCc3ccccc3)cccc2O[C@@H]2O[C@H](CO)[C@@H](O)[C@H](O)[C@H]2O)cc1)Oc1ccc(C=CC(=O)c2c(OCc3ccccc3)cccc2O[C@@H]2O[C@H](CO)[C@@H](O)[C@H](O)[C@H]2O)cc1. The van der Waals surface area contributed by atoms with Gasteiger partial charge in [-0.2, -0.15) is 0 Å². The number of aliphatic hydroxyl groups excluding tert-OH is 8. The maximum atomic E-state index is 13.9. The summed E-state index contributed by atoms with van der Waals surface area (Å²) in [6, 6.07) is 39.7. The molecule has 396 valence electrons. The van der Waals surface area contributed by atoms with Crippen molar-refractivity contribution >= 4 is 29.9 Å². The van der Waals surface area contributed by atoms with E-state index in [0.717, 1.165) is 11.1 Å². The number of rotatable bonds is 20. The Labute approximate surface area is 435 Å². The molecule has 76 heavy (non-hydrogen) atoms. The van der Waals surface area contributed by atoms with E-state index in [1.165, 1.54) is 60.7 Å². The maximum Gasteiger partial charge on any atom is 0.519 e. The molecular formula is C57H54O19. The first-order chi connectivity index (χ1) is 36.8. The van der Waals surface area contributed by atoms with Crippen molar-refractivity contribution in [3.63, 3.8) is 0 Å². The fraction of sp³-hybridized carbons (Fsp3) is 0.246. The van der Waals surface area contributed by atoms with Crippen LogP contribution < -0.4 is 28.4 Å². The molecule has 10 atom stereocenters. The van der Waals surface area contributed by atoms with Gasteiger partial charge in [0.15, 0.2) is 11.6 Å². The lowest BCUT2D eigenvalue weighted by Gasteiger charge is -2.39. The zero-order valence-corrected chi connectivity index (χ0v) is 40.3. The van der Waals surface area contributed by atoms with Crippen LogP contribution >= 0.6 is 0 Å². The van der Waals surface area contributed by atoms with Gasteiger partial charge >= 0.3 is 6.16 Å². The van der Waals surface area contributed by atoms with E-state index in [1.807, 2.05) is 60.7 Å². The van der Waals surface area contributed by atoms with Crippen LogP contribution in [0.3, 0.4) is 0 Å². The third-order valence-corrected chi connectivity index (χ3v) is 12.1. The predicted molar refractivity (Wildman–Crippen MR) is 269 cm³/mol. The number of hydrogen-bond acceptors (Lipinski definition) is 19. The summed E-state index contributed by atoms with van der Waals surface area (Å²) in [5.41, 5.74) is 2.58. The molecule has 2 heterocycles. The van der Waals surface area contributed by atoms with Crippen molar-refractivity contribution in [2.24, 2.45) is 0 Å². The first-order valence-electron chi connectivity index (χ1n) is 23.9. The minimum atomic E-state index is -1.74. The van der Waals surface area contributed by atoms with Crippen molar-refractivity contribution in [2.75, 3.05) is 13.2 Å². The highest BCUT2D eigenvalue weighted by Crippen LogP contribution is 2.36. The Hall–Kier alpha value is -7.79. The number of allylic oxidation sites excluding steroid dienone is 2. The van der Waals surface area contributed by atoms with Gasteiger partial charge < -0.3 is 78.7 Å². The summed E-state index contributed by atoms with van der Waals surface area (Å²) in [4.78, 5) is 40.7. The lowest BCUT2D eigenvalue weighted by atomic mass is 9.99. The molecule has 2 aliphatic heterocycles. The van der Waals surface area contributed by atoms with Gasteiger partial charge in [0.1, 0.15) is 108 Å². The van der Waals surface area contributed by atoms with E-state index in [0.29, 0.717) is 11.1 Å². The Morgan fingerprint density at radius 1 is 0.434 bits per heavy atom. The Bertz CT molecular complexity index is 2750. The molecular weight excluding hydrogens is 989 g/mol. The van der Waals surface area contributed by atoms with Gasteiger partial charge in [0.2, 0.25) is 12.6 Å². The van der Waals surface area contributed by atoms with Gasteiger partial charge in [-0.05, 0) is 82.9 Å². The van der Waals surface area contributed by atoms with Crippen molar-refractivity contribution in [3.8, 4) is 34.5 Å². The Morgan fingerprint density at radius 2 is 0.803 bits per heavy atom. The summed E-state index contributed by atoms with van der Waals surface area (Å²) < 4.78 is 45.7. The lowest BCUT2D eigenvalue weighted by Crippen LogP contribution is -2.60. The second kappa shape index (κ2) is 25.6. The van der Waals surface area contributed by atoms with E-state index >= 15 is 0 Å². The van der Waals surface area contributed by atoms with Gasteiger partial charge in [0.05, 0.1) is 13.2 Å². The molecule has 6 aromatic rings. The van der Waals surface area contributed by atoms with Gasteiger partial charge in [-0.1, -0.05) is 109 Å². The minimum absolute atomic E-state index is 0.0466. The average Bonchev–Trinajstić information content (AvgIpc) is 3.44. The molecule has 0 spiro atoms. The second-order valence-corrected chi connectivity index (χ2v) is 17.4. The van der Waals surface area contributed by atoms with Crippen molar-refractivity contribution < 1.29 is 93.1 Å². The standard InChI is InChI=1S/C57H54O19/c58-29-45-49(62)51(64)53(66)55(75-45)73-43-15-7-13-41(69-31-35-9-3-1-4-10-35)47(43)39(60)27-21-33-17-23-37(24-18-33)71-57(68)72-38-25-19-34(20-26-38)22-28-40(61)48-42(70-32-36-11-5-2-6-12-36)14-8-16-44(48)74-56-54(67)52(65)50(63)46(30-59)76-56/h1-28,45-46,49-56,58-59,62-67H,29-32H2/t45-,46-,49-,50-,51+,52+,53-,54-,55-,56-/m1/s1. The summed E-state index contributed by atoms with van der Waals surface area (Å²) in [5, 5.41) is 82.0. The average molecular weight is 1040 g/mol. The second-order valence-electron chi connectivity index (χ2n) is 17.4. The number of carbonyl (C=O) groups excluding carboxylic acids is 3. The van der Waals surface area contributed by atoms with E-state index in [4.69, 9.17) is 37.9 Å². The van der Waals surface area contributed by atoms with E-state index in [1.54, 1.807) is 48.5 Å². The highest BCUT2D eigenvalue weighted by atomic mass is 16.7. The van der Waals surface area contributed by atoms with Gasteiger partial charge in [0, 0.05) is 0 Å². The van der Waals surface area contributed by atoms with Crippen molar-refractivity contribution in [3.05, 3.63) is 191 Å². The number of carbonyl (C=O) groups is 3. The van der Waals surface area contributed by atoms with Crippen LogP contribution in [0.2, 0.25) is 0 Å². The van der Waals surface area contributed by atoms with E-state index in [9.17, 15) is 55.2 Å². The van der Waals surface area contributed by atoms with Crippen molar-refractivity contribution in [1.29, 1.82) is 0 Å². The van der Waals surface area contributed by atoms with Gasteiger partial charge in [-0.25, -0.2) is 4.79 Å². The van der Waals surface area contributed by atoms with Crippen molar-refractivity contribution in [2.45, 2.75) is 74.6 Å². The highest BCUT2D eigenvalue weighted by molar-refractivity contribution is 6.11. The van der Waals surface area contributed by atoms with E-state index in [2.05, 4.69) is 0 Å². The van der Waals surface area contributed by atoms with Gasteiger partial charge in [-0.15, -0.1) is 0 Å². The summed E-state index contributed by atoms with van der Waals surface area (Å²) >= 11 is 0. The maximum absolute atomic E-state index is 13.9. The highest BCUT2D eigenvalue weighted by Gasteiger charge is 2.46. The molecule has 0 unspecified atom stereocenters. The molecule has 2 saturated heterocycles. The Balaban J connectivity index is 0.903. The molecule has 6 aromatic carbocycles. The number of ether oxygens (including phenoxy) is 8. The van der Waals surface area contributed by atoms with Crippen LogP contribution in [-0.4, -0.2) is 133 Å². The van der Waals surface area contributed by atoms with Crippen LogP contribution in [0.4, 0.5) is 4.79 Å². The molecule has 8 N–H and O–H groups in total. The zero-order valence-electron chi connectivity index (χ0n) is 40.3. The molecule has 8 rings (SSSR count). The summed E-state index contributed by atoms with van der Waals surface area (Å²) in [7, 11) is 0. The fourth-order valence-corrected chi connectivity index (χ4v) is 8.01. The number of benzene rings is 6. The molecule has 0 aliphatic carbocycles. The number of hydrogen-bond donors (Lipinski definition) is 8. The molecule has 19 heteroatoms. The molecule has 0 radical (unpaired) electrons. The third kappa shape index (κ3) is 13.5. The molecule has 2 aliphatic rings. The third-order valence-electron chi connectivity index (χ3n) is 12.1.